The molecule has 10 aromatic carbocycles. The maximum Gasteiger partial charge on any atom is 0.137 e. The number of hydrogen-bond donors (Lipinski definition) is 0. The third-order valence-electron chi connectivity index (χ3n) is 11.8. The zero-order chi connectivity index (χ0) is 38.9. The Morgan fingerprint density at radius 2 is 0.831 bits per heavy atom. The van der Waals surface area contributed by atoms with Crippen molar-refractivity contribution in [1.82, 2.24) is 0 Å². The summed E-state index contributed by atoms with van der Waals surface area (Å²) in [6.07, 6.45) is 0. The van der Waals surface area contributed by atoms with Crippen molar-refractivity contribution in [2.24, 2.45) is 0 Å². The van der Waals surface area contributed by atoms with Gasteiger partial charge in [-0.2, -0.15) is 0 Å². The van der Waals surface area contributed by atoms with Gasteiger partial charge in [0.2, 0.25) is 0 Å². The predicted octanol–water partition coefficient (Wildman–Crippen LogP) is 16.3. The lowest BCUT2D eigenvalue weighted by molar-refractivity contribution is 0.668. The van der Waals surface area contributed by atoms with Crippen LogP contribution in [0.4, 0.5) is 17.1 Å². The van der Waals surface area contributed by atoms with E-state index in [0.29, 0.717) is 0 Å². The lowest BCUT2D eigenvalue weighted by atomic mass is 9.91. The van der Waals surface area contributed by atoms with Crippen LogP contribution in [0.2, 0.25) is 0 Å². The predicted molar refractivity (Wildman–Crippen MR) is 247 cm³/mol. The monoisotopic (exact) mass is 753 g/mol. The van der Waals surface area contributed by atoms with E-state index in [-0.39, 0.29) is 0 Å². The van der Waals surface area contributed by atoms with E-state index < -0.39 is 0 Å². The van der Waals surface area contributed by atoms with Gasteiger partial charge >= 0.3 is 0 Å². The fourth-order valence-electron chi connectivity index (χ4n) is 9.05. The van der Waals surface area contributed by atoms with Crippen molar-refractivity contribution in [3.8, 4) is 33.4 Å². The fraction of sp³-hybridized carbons (Fsp3) is 0. The molecule has 0 unspecified atom stereocenters. The molecular formula is C56H35NO2. The lowest BCUT2D eigenvalue weighted by Crippen LogP contribution is -2.11. The van der Waals surface area contributed by atoms with Crippen molar-refractivity contribution in [2.45, 2.75) is 0 Å². The molecule has 0 bridgehead atoms. The van der Waals surface area contributed by atoms with Crippen LogP contribution in [0.5, 0.6) is 0 Å². The summed E-state index contributed by atoms with van der Waals surface area (Å²) in [4.78, 5) is 2.39. The summed E-state index contributed by atoms with van der Waals surface area (Å²) < 4.78 is 12.9. The van der Waals surface area contributed by atoms with Crippen molar-refractivity contribution in [1.29, 1.82) is 0 Å². The summed E-state index contributed by atoms with van der Waals surface area (Å²) >= 11 is 0. The van der Waals surface area contributed by atoms with E-state index in [2.05, 4.69) is 193 Å². The van der Waals surface area contributed by atoms with E-state index in [1.54, 1.807) is 0 Å². The minimum absolute atomic E-state index is 0.845. The van der Waals surface area contributed by atoms with E-state index in [1.165, 1.54) is 27.1 Å². The summed E-state index contributed by atoms with van der Waals surface area (Å²) in [6, 6.07) is 76.0. The molecule has 0 aliphatic rings. The molecule has 59 heavy (non-hydrogen) atoms. The number of anilines is 3. The zero-order valence-corrected chi connectivity index (χ0v) is 32.0. The lowest BCUT2D eigenvalue weighted by Gasteiger charge is -2.29. The molecular weight excluding hydrogens is 719 g/mol. The van der Waals surface area contributed by atoms with Crippen molar-refractivity contribution in [2.75, 3.05) is 4.90 Å². The van der Waals surface area contributed by atoms with Gasteiger partial charge in [0.1, 0.15) is 22.3 Å². The molecule has 0 spiro atoms. The zero-order valence-electron chi connectivity index (χ0n) is 32.0. The first kappa shape index (κ1) is 33.3. The molecule has 0 atom stereocenters. The van der Waals surface area contributed by atoms with E-state index in [4.69, 9.17) is 8.83 Å². The van der Waals surface area contributed by atoms with Crippen LogP contribution in [0.15, 0.2) is 221 Å². The van der Waals surface area contributed by atoms with E-state index >= 15 is 0 Å². The highest BCUT2D eigenvalue weighted by molar-refractivity contribution is 6.14. The highest BCUT2D eigenvalue weighted by Gasteiger charge is 2.22. The molecule has 12 rings (SSSR count). The Bertz CT molecular complexity index is 3580. The Morgan fingerprint density at radius 3 is 1.61 bits per heavy atom. The molecule has 0 aliphatic heterocycles. The minimum Gasteiger partial charge on any atom is -0.456 e. The molecule has 0 fully saturated rings. The molecule has 0 N–H and O–H groups in total. The Kier molecular flexibility index (Phi) is 7.54. The molecule has 276 valence electrons. The van der Waals surface area contributed by atoms with Gasteiger partial charge in [-0.3, -0.25) is 0 Å². The van der Waals surface area contributed by atoms with Crippen LogP contribution in [-0.2, 0) is 0 Å². The second-order valence-corrected chi connectivity index (χ2v) is 15.3. The number of fused-ring (bicyclic) bond motifs is 9. The van der Waals surface area contributed by atoms with Crippen LogP contribution in [0.3, 0.4) is 0 Å². The van der Waals surface area contributed by atoms with Gasteiger partial charge in [0, 0.05) is 44.5 Å². The quantitative estimate of drug-likeness (QED) is 0.158. The summed E-state index contributed by atoms with van der Waals surface area (Å²) in [5, 5.41) is 9.39. The number of para-hydroxylation sites is 2. The van der Waals surface area contributed by atoms with Gasteiger partial charge in [-0.25, -0.2) is 0 Å². The molecule has 0 saturated carbocycles. The number of furan rings is 2. The van der Waals surface area contributed by atoms with Crippen LogP contribution in [0.1, 0.15) is 0 Å². The fourth-order valence-corrected chi connectivity index (χ4v) is 9.05. The average molecular weight is 754 g/mol. The molecule has 0 aliphatic carbocycles. The van der Waals surface area contributed by atoms with Gasteiger partial charge in [-0.15, -0.1) is 0 Å². The Morgan fingerprint density at radius 1 is 0.271 bits per heavy atom. The first-order valence-corrected chi connectivity index (χ1v) is 20.1. The van der Waals surface area contributed by atoms with Gasteiger partial charge in [0.05, 0.1) is 5.69 Å². The Labute approximate surface area is 340 Å². The molecule has 0 saturated heterocycles. The smallest absolute Gasteiger partial charge is 0.137 e. The second-order valence-electron chi connectivity index (χ2n) is 15.3. The summed E-state index contributed by atoms with van der Waals surface area (Å²) in [5.41, 5.74) is 13.4. The molecule has 0 radical (unpaired) electrons. The maximum atomic E-state index is 6.53. The van der Waals surface area contributed by atoms with E-state index in [0.717, 1.165) is 88.8 Å². The minimum atomic E-state index is 0.845. The molecule has 0 amide bonds. The number of benzene rings is 10. The van der Waals surface area contributed by atoms with Crippen LogP contribution < -0.4 is 4.90 Å². The first-order chi connectivity index (χ1) is 29.2. The van der Waals surface area contributed by atoms with Gasteiger partial charge in [0.15, 0.2) is 0 Å². The number of hydrogen-bond acceptors (Lipinski definition) is 3. The summed E-state index contributed by atoms with van der Waals surface area (Å²) in [7, 11) is 0. The normalized spacial score (nSPS) is 11.7. The highest BCUT2D eigenvalue weighted by Crippen LogP contribution is 2.46. The van der Waals surface area contributed by atoms with Crippen LogP contribution in [-0.4, -0.2) is 0 Å². The third-order valence-corrected chi connectivity index (χ3v) is 11.8. The topological polar surface area (TPSA) is 29.5 Å². The van der Waals surface area contributed by atoms with Gasteiger partial charge in [0.25, 0.3) is 0 Å². The van der Waals surface area contributed by atoms with E-state index in [1.807, 2.05) is 24.3 Å². The number of rotatable bonds is 6. The second kappa shape index (κ2) is 13.4. The summed E-state index contributed by atoms with van der Waals surface area (Å²) in [5.74, 6) is 0. The Balaban J connectivity index is 1.11. The summed E-state index contributed by atoms with van der Waals surface area (Å²) in [6.45, 7) is 0. The van der Waals surface area contributed by atoms with Crippen molar-refractivity contribution >= 4 is 82.5 Å². The van der Waals surface area contributed by atoms with Crippen LogP contribution in [0.25, 0.3) is 98.8 Å². The molecule has 3 nitrogen and oxygen atoms in total. The molecule has 3 heteroatoms. The van der Waals surface area contributed by atoms with Crippen LogP contribution in [0, 0.1) is 0 Å². The molecule has 2 heterocycles. The largest absolute Gasteiger partial charge is 0.456 e. The first-order valence-electron chi connectivity index (χ1n) is 20.1. The maximum absolute atomic E-state index is 6.53. The van der Waals surface area contributed by atoms with Crippen LogP contribution >= 0.6 is 0 Å². The average Bonchev–Trinajstić information content (AvgIpc) is 3.87. The molecule has 12 aromatic rings. The highest BCUT2D eigenvalue weighted by atomic mass is 16.3. The molecule has 2 aromatic heterocycles. The van der Waals surface area contributed by atoms with Crippen molar-refractivity contribution < 1.29 is 8.83 Å². The van der Waals surface area contributed by atoms with Gasteiger partial charge in [-0.1, -0.05) is 146 Å². The standard InChI is InChI=1S/C56H35NO2/c1-2-13-36(14-3-1)44-28-26-40(51-32-39-15-4-5-18-43(39)45-19-6-7-20-46(45)51)33-52(44)57(42-27-30-50-48-22-9-11-24-54(48)59-56(50)35-42)41-17-12-16-37(31-41)38-25-29-49-47-21-8-10-23-53(47)58-55(49)34-38/h1-35H. The SMILES string of the molecule is c1ccc(-c2ccc(-c3cc4ccccc4c4ccccc34)cc2N(c2cccc(-c3ccc4c(c3)oc3ccccc34)c2)c2ccc3c(c2)oc2ccccc23)cc1. The van der Waals surface area contributed by atoms with Gasteiger partial charge < -0.3 is 13.7 Å². The van der Waals surface area contributed by atoms with Crippen molar-refractivity contribution in [3.63, 3.8) is 0 Å². The third kappa shape index (κ3) is 5.51. The van der Waals surface area contributed by atoms with Gasteiger partial charge in [-0.05, 0) is 110 Å². The Hall–Kier alpha value is -7.88. The van der Waals surface area contributed by atoms with E-state index in [9.17, 15) is 0 Å². The van der Waals surface area contributed by atoms with Crippen molar-refractivity contribution in [3.05, 3.63) is 212 Å². The number of nitrogens with zero attached hydrogens (tertiary/aromatic N) is 1.